The lowest BCUT2D eigenvalue weighted by Gasteiger charge is -2.62. The molecule has 3 unspecified atom stereocenters. The average molecular weight is 837 g/mol. The summed E-state index contributed by atoms with van der Waals surface area (Å²) in [5.41, 5.74) is -9.29. The van der Waals surface area contributed by atoms with Crippen molar-refractivity contribution in [3.8, 4) is 0 Å². The molecule has 336 valence electrons. The fourth-order valence-electron chi connectivity index (χ4n) is 12.5. The Balaban J connectivity index is 1.34. The number of nitrogens with zero attached hydrogens (tertiary/aromatic N) is 1. The van der Waals surface area contributed by atoms with E-state index in [1.165, 1.54) is 32.9 Å². The SMILES string of the molecule is CC[C@H]1OC(=O)[C@H](C)[C@@H](O)C(C)[C@@H](O)[C@](C)(O)C[C@@H](C)CN(CCCNC(=O)[C@@]2(O)[C@H](C)CC3C4CCC5=CC(=O)C=C[C@]5(C)[C@@]4(F)[C@@H](O)C[C@@]32C)[C@H](C)[C@@H](O)[C@]1(C)O. The maximum Gasteiger partial charge on any atom is 0.311 e. The molecule has 1 amide bonds. The highest BCUT2D eigenvalue weighted by Crippen LogP contribution is 2.70. The smallest absolute Gasteiger partial charge is 0.311 e. The van der Waals surface area contributed by atoms with Gasteiger partial charge < -0.3 is 45.8 Å². The Hall–Kier alpha value is -2.30. The number of fused-ring (bicyclic) bond motifs is 5. The van der Waals surface area contributed by atoms with Gasteiger partial charge in [-0.25, -0.2) is 4.39 Å². The molecule has 1 heterocycles. The van der Waals surface area contributed by atoms with Crippen LogP contribution in [0.2, 0.25) is 0 Å². The predicted molar refractivity (Wildman–Crippen MR) is 218 cm³/mol. The molecule has 18 atom stereocenters. The van der Waals surface area contributed by atoms with E-state index < -0.39 is 111 Å². The zero-order valence-electron chi connectivity index (χ0n) is 36.8. The van der Waals surface area contributed by atoms with Gasteiger partial charge in [-0.2, -0.15) is 0 Å². The van der Waals surface area contributed by atoms with Crippen molar-refractivity contribution in [1.29, 1.82) is 0 Å². The number of hydrogen-bond acceptors (Lipinski definition) is 12. The predicted octanol–water partition coefficient (Wildman–Crippen LogP) is 2.75. The van der Waals surface area contributed by atoms with Crippen molar-refractivity contribution in [2.24, 2.45) is 46.3 Å². The molecule has 4 fully saturated rings. The maximum absolute atomic E-state index is 17.6. The zero-order valence-corrected chi connectivity index (χ0v) is 36.8. The first-order valence-electron chi connectivity index (χ1n) is 21.9. The molecule has 0 aromatic rings. The molecule has 59 heavy (non-hydrogen) atoms. The number of ketones is 1. The number of halogens is 1. The van der Waals surface area contributed by atoms with Crippen LogP contribution in [0.15, 0.2) is 23.8 Å². The Morgan fingerprint density at radius 2 is 1.61 bits per heavy atom. The summed E-state index contributed by atoms with van der Waals surface area (Å²) in [7, 11) is 0. The largest absolute Gasteiger partial charge is 0.459 e. The highest BCUT2D eigenvalue weighted by atomic mass is 19.1. The number of allylic oxidation sites excluding steroid dienone is 4. The van der Waals surface area contributed by atoms with Crippen molar-refractivity contribution in [2.45, 2.75) is 173 Å². The summed E-state index contributed by atoms with van der Waals surface area (Å²) in [6.07, 6.45) is -0.762. The molecule has 0 bridgehead atoms. The summed E-state index contributed by atoms with van der Waals surface area (Å²) in [6, 6.07) is -0.730. The van der Waals surface area contributed by atoms with Gasteiger partial charge in [0.15, 0.2) is 17.1 Å². The van der Waals surface area contributed by atoms with Crippen LogP contribution in [0.1, 0.15) is 114 Å². The van der Waals surface area contributed by atoms with Crippen LogP contribution in [0.25, 0.3) is 0 Å². The summed E-state index contributed by atoms with van der Waals surface area (Å²) in [4.78, 5) is 41.6. The monoisotopic (exact) mass is 837 g/mol. The first-order chi connectivity index (χ1) is 27.2. The second kappa shape index (κ2) is 16.8. The second-order valence-corrected chi connectivity index (χ2v) is 20.3. The van der Waals surface area contributed by atoms with Gasteiger partial charge in [0.25, 0.3) is 5.91 Å². The third-order valence-electron chi connectivity index (χ3n) is 16.3. The number of carbonyl (C=O) groups is 3. The number of hydrogen-bond donors (Lipinski definition) is 8. The lowest BCUT2D eigenvalue weighted by molar-refractivity contribution is -0.219. The summed E-state index contributed by atoms with van der Waals surface area (Å²) < 4.78 is 23.3. The molecule has 14 heteroatoms. The van der Waals surface area contributed by atoms with Crippen LogP contribution in [0, 0.1) is 46.3 Å². The molecule has 3 saturated carbocycles. The molecule has 0 radical (unpaired) electrons. The van der Waals surface area contributed by atoms with Crippen molar-refractivity contribution < 1.29 is 59.3 Å². The van der Waals surface area contributed by atoms with E-state index in [1.54, 1.807) is 47.6 Å². The summed E-state index contributed by atoms with van der Waals surface area (Å²) in [5.74, 6) is -5.56. The standard InChI is InChI=1S/C45H73FN2O11/c1-11-34-43(10,57)37(53)28(6)48(23-24(2)21-42(9,56)36(52)26(4)35(51)27(5)38(54)59-34)18-12-17-47-39(55)45(58)25(3)19-32-31-14-13-29-20-30(49)15-16-40(29,7)44(31,46)33(50)22-41(32,45)8/h15-16,20,24-28,31-37,50-53,56-58H,11-14,17-19,21-23H2,1-10H3,(H,47,55)/t24-,25-,26?,27-,28-,31?,32?,33+,34-,35+,36-,37-,40+,41+,42-,43-,44+,45+/m1/s1. The fraction of sp³-hybridized carbons (Fsp3) is 0.844. The summed E-state index contributed by atoms with van der Waals surface area (Å²) in [5, 5.41) is 84.4. The number of esters is 1. The molecule has 0 spiro atoms. The quantitative estimate of drug-likeness (QED) is 0.143. The summed E-state index contributed by atoms with van der Waals surface area (Å²) >= 11 is 0. The Kier molecular flexibility index (Phi) is 13.6. The van der Waals surface area contributed by atoms with Crippen molar-refractivity contribution >= 4 is 17.7 Å². The Labute approximate surface area is 349 Å². The molecule has 5 rings (SSSR count). The van der Waals surface area contributed by atoms with Crippen LogP contribution < -0.4 is 5.32 Å². The van der Waals surface area contributed by atoms with Gasteiger partial charge in [-0.1, -0.05) is 46.3 Å². The fourth-order valence-corrected chi connectivity index (χ4v) is 12.5. The van der Waals surface area contributed by atoms with E-state index in [0.29, 0.717) is 37.8 Å². The number of ether oxygens (including phenoxy) is 1. The molecule has 0 aromatic heterocycles. The van der Waals surface area contributed by atoms with Crippen molar-refractivity contribution in [3.05, 3.63) is 23.8 Å². The van der Waals surface area contributed by atoms with E-state index in [1.807, 2.05) is 11.8 Å². The van der Waals surface area contributed by atoms with E-state index in [4.69, 9.17) is 4.74 Å². The number of rotatable bonds is 6. The van der Waals surface area contributed by atoms with Crippen LogP contribution in [-0.2, 0) is 19.1 Å². The second-order valence-electron chi connectivity index (χ2n) is 20.3. The average Bonchev–Trinajstić information content (AvgIpc) is 3.37. The first kappa shape index (κ1) is 47.7. The third-order valence-corrected chi connectivity index (χ3v) is 16.3. The molecule has 5 aliphatic rings. The van der Waals surface area contributed by atoms with Gasteiger partial charge in [-0.15, -0.1) is 0 Å². The van der Waals surface area contributed by atoms with E-state index in [2.05, 4.69) is 5.32 Å². The van der Waals surface area contributed by atoms with Gasteiger partial charge in [0.05, 0.1) is 29.8 Å². The third kappa shape index (κ3) is 7.78. The van der Waals surface area contributed by atoms with Gasteiger partial charge in [0.1, 0.15) is 17.8 Å². The number of nitrogens with one attached hydrogen (secondary N) is 1. The minimum atomic E-state index is -2.09. The van der Waals surface area contributed by atoms with Gasteiger partial charge in [0.2, 0.25) is 0 Å². The number of cyclic esters (lactones) is 1. The van der Waals surface area contributed by atoms with Gasteiger partial charge in [-0.3, -0.25) is 19.3 Å². The highest BCUT2D eigenvalue weighted by Gasteiger charge is 2.75. The number of aliphatic hydroxyl groups excluding tert-OH is 4. The van der Waals surface area contributed by atoms with Crippen LogP contribution in [0.3, 0.4) is 0 Å². The van der Waals surface area contributed by atoms with Crippen LogP contribution >= 0.6 is 0 Å². The number of carbonyl (C=O) groups excluding carboxylic acids is 3. The normalized spacial score (nSPS) is 50.0. The Morgan fingerprint density at radius 3 is 2.24 bits per heavy atom. The van der Waals surface area contributed by atoms with Gasteiger partial charge in [-0.05, 0) is 109 Å². The lowest BCUT2D eigenvalue weighted by atomic mass is 9.44. The number of amides is 1. The molecule has 0 aromatic carbocycles. The van der Waals surface area contributed by atoms with E-state index in [-0.39, 0.29) is 44.1 Å². The first-order valence-corrected chi connectivity index (χ1v) is 21.9. The summed E-state index contributed by atoms with van der Waals surface area (Å²) in [6.45, 7) is 17.2. The number of alkyl halides is 1. The molecule has 1 aliphatic heterocycles. The van der Waals surface area contributed by atoms with E-state index >= 15 is 4.39 Å². The Morgan fingerprint density at radius 1 is 0.966 bits per heavy atom. The van der Waals surface area contributed by atoms with Gasteiger partial charge >= 0.3 is 5.97 Å². The molecule has 8 N–H and O–H groups in total. The van der Waals surface area contributed by atoms with E-state index in [0.717, 1.165) is 0 Å². The minimum absolute atomic E-state index is 0.0942. The minimum Gasteiger partial charge on any atom is -0.459 e. The highest BCUT2D eigenvalue weighted by molar-refractivity contribution is 6.01. The topological polar surface area (TPSA) is 217 Å². The maximum atomic E-state index is 17.6. The Bertz CT molecular complexity index is 1650. The lowest BCUT2D eigenvalue weighted by Crippen LogP contribution is -2.70. The molecular weight excluding hydrogens is 763 g/mol. The zero-order chi connectivity index (χ0) is 44.4. The molecular formula is C45H73FN2O11. The van der Waals surface area contributed by atoms with Crippen LogP contribution in [0.5, 0.6) is 0 Å². The molecule has 13 nitrogen and oxygen atoms in total. The molecule has 4 aliphatic carbocycles. The van der Waals surface area contributed by atoms with Crippen molar-refractivity contribution in [1.82, 2.24) is 10.2 Å². The van der Waals surface area contributed by atoms with Crippen LogP contribution in [-0.4, -0.2) is 137 Å². The molecule has 1 saturated heterocycles. The number of aliphatic hydroxyl groups is 7. The van der Waals surface area contributed by atoms with Crippen LogP contribution in [0.4, 0.5) is 4.39 Å². The van der Waals surface area contributed by atoms with Gasteiger partial charge in [0, 0.05) is 48.3 Å². The van der Waals surface area contributed by atoms with Crippen molar-refractivity contribution in [2.75, 3.05) is 19.6 Å². The van der Waals surface area contributed by atoms with E-state index in [9.17, 15) is 50.1 Å². The van der Waals surface area contributed by atoms with Crippen molar-refractivity contribution in [3.63, 3.8) is 0 Å².